The summed E-state index contributed by atoms with van der Waals surface area (Å²) in [7, 11) is 0. The van der Waals surface area contributed by atoms with E-state index < -0.39 is 0 Å². The Bertz CT molecular complexity index is 273. The summed E-state index contributed by atoms with van der Waals surface area (Å²) < 4.78 is 0. The quantitative estimate of drug-likeness (QED) is 0.848. The fourth-order valence-corrected chi connectivity index (χ4v) is 4.17. The standard InChI is InChI=1S/C16H33N3/c1-4-15(3)18-9-11-19(12-10-18)16(13-17)8-6-5-7-14(16)2/h14-15H,4-13,17H2,1-3H3. The molecule has 2 aliphatic rings. The predicted molar refractivity (Wildman–Crippen MR) is 82.3 cm³/mol. The van der Waals surface area contributed by atoms with E-state index in [1.165, 1.54) is 58.3 Å². The second-order valence-electron chi connectivity index (χ2n) is 6.73. The Kier molecular flexibility index (Phi) is 5.27. The Hall–Kier alpha value is -0.120. The minimum Gasteiger partial charge on any atom is -0.329 e. The van der Waals surface area contributed by atoms with Crippen LogP contribution in [0.25, 0.3) is 0 Å². The van der Waals surface area contributed by atoms with Gasteiger partial charge in [-0.05, 0) is 32.1 Å². The van der Waals surface area contributed by atoms with E-state index in [1.54, 1.807) is 0 Å². The van der Waals surface area contributed by atoms with Crippen LogP contribution in [0.4, 0.5) is 0 Å². The van der Waals surface area contributed by atoms with E-state index in [1.807, 2.05) is 0 Å². The van der Waals surface area contributed by atoms with Crippen molar-refractivity contribution in [1.29, 1.82) is 0 Å². The molecule has 19 heavy (non-hydrogen) atoms. The molecule has 0 bridgehead atoms. The van der Waals surface area contributed by atoms with Crippen molar-refractivity contribution in [2.45, 2.75) is 64.5 Å². The topological polar surface area (TPSA) is 32.5 Å². The van der Waals surface area contributed by atoms with Crippen molar-refractivity contribution >= 4 is 0 Å². The zero-order valence-electron chi connectivity index (χ0n) is 13.2. The Labute approximate surface area is 119 Å². The third-order valence-corrected chi connectivity index (χ3v) is 5.93. The average molecular weight is 267 g/mol. The lowest BCUT2D eigenvalue weighted by Crippen LogP contribution is -2.64. The van der Waals surface area contributed by atoms with E-state index in [0.29, 0.717) is 5.54 Å². The van der Waals surface area contributed by atoms with Crippen LogP contribution in [0.1, 0.15) is 52.9 Å². The third kappa shape index (κ3) is 2.98. The molecule has 112 valence electrons. The molecule has 1 aliphatic carbocycles. The van der Waals surface area contributed by atoms with Crippen LogP contribution in [-0.4, -0.2) is 54.1 Å². The number of nitrogens with zero attached hydrogens (tertiary/aromatic N) is 2. The van der Waals surface area contributed by atoms with Crippen molar-refractivity contribution in [1.82, 2.24) is 9.80 Å². The van der Waals surface area contributed by atoms with Gasteiger partial charge in [0.15, 0.2) is 0 Å². The highest BCUT2D eigenvalue weighted by Crippen LogP contribution is 2.38. The van der Waals surface area contributed by atoms with Crippen LogP contribution in [0.3, 0.4) is 0 Å². The molecule has 1 aliphatic heterocycles. The molecule has 2 fully saturated rings. The molecule has 2 rings (SSSR count). The van der Waals surface area contributed by atoms with Gasteiger partial charge in [0, 0.05) is 44.3 Å². The molecule has 0 radical (unpaired) electrons. The highest BCUT2D eigenvalue weighted by molar-refractivity contribution is 5.00. The summed E-state index contributed by atoms with van der Waals surface area (Å²) in [5.41, 5.74) is 6.53. The van der Waals surface area contributed by atoms with Crippen LogP contribution in [-0.2, 0) is 0 Å². The molecule has 0 aromatic rings. The molecule has 0 amide bonds. The van der Waals surface area contributed by atoms with Gasteiger partial charge in [-0.15, -0.1) is 0 Å². The van der Waals surface area contributed by atoms with Gasteiger partial charge in [0.05, 0.1) is 0 Å². The fourth-order valence-electron chi connectivity index (χ4n) is 4.17. The molecule has 3 heteroatoms. The molecule has 2 N–H and O–H groups in total. The van der Waals surface area contributed by atoms with E-state index in [4.69, 9.17) is 5.73 Å². The second-order valence-corrected chi connectivity index (χ2v) is 6.73. The molecule has 0 aromatic carbocycles. The van der Waals surface area contributed by atoms with Crippen LogP contribution in [0.2, 0.25) is 0 Å². The Morgan fingerprint density at radius 1 is 1.21 bits per heavy atom. The van der Waals surface area contributed by atoms with Crippen molar-refractivity contribution < 1.29 is 0 Å². The number of piperazine rings is 1. The van der Waals surface area contributed by atoms with Gasteiger partial charge in [0.25, 0.3) is 0 Å². The first kappa shape index (κ1) is 15.3. The van der Waals surface area contributed by atoms with Crippen molar-refractivity contribution in [3.05, 3.63) is 0 Å². The van der Waals surface area contributed by atoms with Gasteiger partial charge >= 0.3 is 0 Å². The maximum atomic E-state index is 6.22. The Morgan fingerprint density at radius 2 is 1.89 bits per heavy atom. The van der Waals surface area contributed by atoms with Gasteiger partial charge < -0.3 is 5.73 Å². The summed E-state index contributed by atoms with van der Waals surface area (Å²) in [6.07, 6.45) is 6.71. The molecule has 3 atom stereocenters. The summed E-state index contributed by atoms with van der Waals surface area (Å²) in [5.74, 6) is 0.765. The smallest absolute Gasteiger partial charge is 0.0358 e. The lowest BCUT2D eigenvalue weighted by Gasteiger charge is -2.53. The van der Waals surface area contributed by atoms with E-state index in [-0.39, 0.29) is 0 Å². The minimum atomic E-state index is 0.305. The monoisotopic (exact) mass is 267 g/mol. The maximum absolute atomic E-state index is 6.22. The van der Waals surface area contributed by atoms with Crippen LogP contribution in [0.15, 0.2) is 0 Å². The van der Waals surface area contributed by atoms with Crippen molar-refractivity contribution in [2.75, 3.05) is 32.7 Å². The Morgan fingerprint density at radius 3 is 2.42 bits per heavy atom. The molecular formula is C16H33N3. The van der Waals surface area contributed by atoms with Crippen LogP contribution in [0, 0.1) is 5.92 Å². The minimum absolute atomic E-state index is 0.305. The molecule has 0 aromatic heterocycles. The maximum Gasteiger partial charge on any atom is 0.0358 e. The molecule has 0 spiro atoms. The SMILES string of the molecule is CCC(C)N1CCN(C2(CN)CCCCC2C)CC1. The molecular weight excluding hydrogens is 234 g/mol. The van der Waals surface area contributed by atoms with Crippen molar-refractivity contribution in [3.8, 4) is 0 Å². The predicted octanol–water partition coefficient (Wildman–Crippen LogP) is 2.31. The number of hydrogen-bond donors (Lipinski definition) is 1. The highest BCUT2D eigenvalue weighted by Gasteiger charge is 2.43. The van der Waals surface area contributed by atoms with Gasteiger partial charge in [0.2, 0.25) is 0 Å². The zero-order valence-corrected chi connectivity index (χ0v) is 13.2. The van der Waals surface area contributed by atoms with E-state index in [0.717, 1.165) is 18.5 Å². The van der Waals surface area contributed by atoms with Crippen LogP contribution in [0.5, 0.6) is 0 Å². The molecule has 1 heterocycles. The van der Waals surface area contributed by atoms with Crippen LogP contribution >= 0.6 is 0 Å². The fraction of sp³-hybridized carbons (Fsp3) is 1.00. The lowest BCUT2D eigenvalue weighted by molar-refractivity contribution is -0.0261. The molecule has 1 saturated carbocycles. The van der Waals surface area contributed by atoms with Gasteiger partial charge in [-0.2, -0.15) is 0 Å². The summed E-state index contributed by atoms with van der Waals surface area (Å²) >= 11 is 0. The first-order chi connectivity index (χ1) is 9.14. The Balaban J connectivity index is 1.98. The van der Waals surface area contributed by atoms with Crippen molar-refractivity contribution in [2.24, 2.45) is 11.7 Å². The van der Waals surface area contributed by atoms with Crippen LogP contribution < -0.4 is 5.73 Å². The summed E-state index contributed by atoms with van der Waals surface area (Å²) in [4.78, 5) is 5.38. The molecule has 1 saturated heterocycles. The lowest BCUT2D eigenvalue weighted by atomic mass is 9.72. The first-order valence-electron chi connectivity index (χ1n) is 8.33. The number of rotatable bonds is 4. The number of nitrogens with two attached hydrogens (primary N) is 1. The number of hydrogen-bond acceptors (Lipinski definition) is 3. The first-order valence-corrected chi connectivity index (χ1v) is 8.33. The largest absolute Gasteiger partial charge is 0.329 e. The zero-order chi connectivity index (χ0) is 13.9. The third-order valence-electron chi connectivity index (χ3n) is 5.93. The van der Waals surface area contributed by atoms with Gasteiger partial charge in [-0.1, -0.05) is 26.7 Å². The summed E-state index contributed by atoms with van der Waals surface area (Å²) in [5, 5.41) is 0. The highest BCUT2D eigenvalue weighted by atomic mass is 15.3. The second kappa shape index (κ2) is 6.55. The average Bonchev–Trinajstić information content (AvgIpc) is 2.47. The van der Waals surface area contributed by atoms with Crippen molar-refractivity contribution in [3.63, 3.8) is 0 Å². The normalized spacial score (nSPS) is 36.3. The van der Waals surface area contributed by atoms with Gasteiger partial charge in [-0.3, -0.25) is 9.80 Å². The van der Waals surface area contributed by atoms with Gasteiger partial charge in [0.1, 0.15) is 0 Å². The van der Waals surface area contributed by atoms with E-state index in [9.17, 15) is 0 Å². The molecule has 3 nitrogen and oxygen atoms in total. The van der Waals surface area contributed by atoms with E-state index >= 15 is 0 Å². The summed E-state index contributed by atoms with van der Waals surface area (Å²) in [6, 6.07) is 0.736. The van der Waals surface area contributed by atoms with Gasteiger partial charge in [-0.25, -0.2) is 0 Å². The summed E-state index contributed by atoms with van der Waals surface area (Å²) in [6.45, 7) is 12.8. The van der Waals surface area contributed by atoms with E-state index in [2.05, 4.69) is 30.6 Å². The molecule has 3 unspecified atom stereocenters.